The van der Waals surface area contributed by atoms with E-state index in [0.717, 1.165) is 43.4 Å². The van der Waals surface area contributed by atoms with Crippen LogP contribution in [0, 0.1) is 0 Å². The van der Waals surface area contributed by atoms with Gasteiger partial charge in [0.25, 0.3) is 5.91 Å². The average molecular weight is 362 g/mol. The number of nitrogens with zero attached hydrogens (tertiary/aromatic N) is 4. The van der Waals surface area contributed by atoms with Crippen molar-refractivity contribution in [2.24, 2.45) is 0 Å². The Balaban J connectivity index is 1.59. The van der Waals surface area contributed by atoms with Crippen LogP contribution in [0.15, 0.2) is 30.3 Å². The van der Waals surface area contributed by atoms with Crippen LogP contribution >= 0.6 is 11.6 Å². The molecule has 0 saturated heterocycles. The van der Waals surface area contributed by atoms with Crippen LogP contribution in [0.4, 0.5) is 0 Å². The van der Waals surface area contributed by atoms with Gasteiger partial charge < -0.3 is 10.2 Å². The van der Waals surface area contributed by atoms with E-state index in [-0.39, 0.29) is 5.91 Å². The summed E-state index contributed by atoms with van der Waals surface area (Å²) >= 11 is 5.94. The number of likely N-dealkylation sites (N-methyl/N-ethyl adjacent to an activating group) is 1. The van der Waals surface area contributed by atoms with Crippen LogP contribution in [0.3, 0.4) is 0 Å². The Morgan fingerprint density at radius 1 is 1.28 bits per heavy atom. The molecule has 1 aromatic heterocycles. The number of aromatic nitrogens is 2. The van der Waals surface area contributed by atoms with Crippen molar-refractivity contribution in [2.45, 2.75) is 19.6 Å². The molecule has 0 atom stereocenters. The van der Waals surface area contributed by atoms with Crippen LogP contribution in [0.2, 0.25) is 5.02 Å². The predicted molar refractivity (Wildman–Crippen MR) is 98.7 cm³/mol. The van der Waals surface area contributed by atoms with E-state index in [1.807, 2.05) is 41.9 Å². The zero-order valence-corrected chi connectivity index (χ0v) is 15.5. The molecule has 0 fully saturated rings. The highest BCUT2D eigenvalue weighted by molar-refractivity contribution is 6.30. The molecule has 3 rings (SSSR count). The first-order chi connectivity index (χ1) is 12.0. The lowest BCUT2D eigenvalue weighted by Gasteiger charge is -2.27. The fourth-order valence-electron chi connectivity index (χ4n) is 2.90. The molecule has 1 aliphatic rings. The van der Waals surface area contributed by atoms with E-state index in [1.165, 1.54) is 5.56 Å². The van der Waals surface area contributed by atoms with Crippen molar-refractivity contribution in [3.63, 3.8) is 0 Å². The molecule has 134 valence electrons. The van der Waals surface area contributed by atoms with Gasteiger partial charge in [-0.3, -0.25) is 14.4 Å². The monoisotopic (exact) mass is 361 g/mol. The van der Waals surface area contributed by atoms with Crippen molar-refractivity contribution in [2.75, 3.05) is 33.7 Å². The average Bonchev–Trinajstić information content (AvgIpc) is 3.00. The van der Waals surface area contributed by atoms with Gasteiger partial charge in [0, 0.05) is 37.7 Å². The molecule has 1 aromatic carbocycles. The smallest absolute Gasteiger partial charge is 0.271 e. The Hall–Kier alpha value is -1.89. The highest BCUT2D eigenvalue weighted by Gasteiger charge is 2.20. The van der Waals surface area contributed by atoms with Gasteiger partial charge in [0.1, 0.15) is 5.69 Å². The van der Waals surface area contributed by atoms with E-state index in [1.54, 1.807) is 0 Å². The summed E-state index contributed by atoms with van der Waals surface area (Å²) in [5.74, 6) is -0.104. The number of fused-ring (bicyclic) bond motifs is 1. The summed E-state index contributed by atoms with van der Waals surface area (Å²) in [6.45, 7) is 4.81. The van der Waals surface area contributed by atoms with Crippen LogP contribution < -0.4 is 5.32 Å². The molecule has 0 bridgehead atoms. The van der Waals surface area contributed by atoms with Gasteiger partial charge in [-0.05, 0) is 37.9 Å². The molecular weight excluding hydrogens is 338 g/mol. The summed E-state index contributed by atoms with van der Waals surface area (Å²) in [4.78, 5) is 16.6. The molecule has 0 radical (unpaired) electrons. The summed E-state index contributed by atoms with van der Waals surface area (Å²) in [5, 5.41) is 8.12. The number of hydrogen-bond donors (Lipinski definition) is 1. The van der Waals surface area contributed by atoms with E-state index < -0.39 is 0 Å². The van der Waals surface area contributed by atoms with Gasteiger partial charge >= 0.3 is 0 Å². The van der Waals surface area contributed by atoms with E-state index in [2.05, 4.69) is 27.4 Å². The fourth-order valence-corrected chi connectivity index (χ4v) is 3.02. The zero-order chi connectivity index (χ0) is 17.8. The second-order valence-corrected chi connectivity index (χ2v) is 7.08. The lowest BCUT2D eigenvalue weighted by Crippen LogP contribution is -2.33. The molecule has 0 spiro atoms. The number of benzene rings is 1. The highest BCUT2D eigenvalue weighted by Crippen LogP contribution is 2.17. The van der Waals surface area contributed by atoms with Gasteiger partial charge in [-0.1, -0.05) is 23.7 Å². The summed E-state index contributed by atoms with van der Waals surface area (Å²) in [6, 6.07) is 9.84. The van der Waals surface area contributed by atoms with E-state index >= 15 is 0 Å². The summed E-state index contributed by atoms with van der Waals surface area (Å²) in [6.07, 6.45) is 0. The summed E-state index contributed by atoms with van der Waals surface area (Å²) in [7, 11) is 3.97. The van der Waals surface area contributed by atoms with Gasteiger partial charge in [-0.25, -0.2) is 0 Å². The lowest BCUT2D eigenvalue weighted by atomic mass is 10.2. The summed E-state index contributed by atoms with van der Waals surface area (Å²) < 4.78 is 1.94. The minimum Gasteiger partial charge on any atom is -0.349 e. The first-order valence-electron chi connectivity index (χ1n) is 8.48. The van der Waals surface area contributed by atoms with Crippen molar-refractivity contribution in [1.82, 2.24) is 24.9 Å². The number of halogens is 1. The number of carbonyl (C=O) groups is 1. The largest absolute Gasteiger partial charge is 0.349 e. The number of rotatable bonds is 6. The molecule has 7 heteroatoms. The Kier molecular flexibility index (Phi) is 5.73. The standard InChI is InChI=1S/C18H24ClN5O/c1-22(2)8-7-20-18(25)17-11-16-13-23(9-10-24(16)21-17)12-14-3-5-15(19)6-4-14/h3-6,11H,7-10,12-13H2,1-2H3,(H,20,25). The lowest BCUT2D eigenvalue weighted by molar-refractivity contribution is 0.0945. The van der Waals surface area contributed by atoms with Crippen LogP contribution in [0.25, 0.3) is 0 Å². The molecule has 0 aliphatic carbocycles. The predicted octanol–water partition coefficient (Wildman–Crippen LogP) is 1.84. The maximum atomic E-state index is 12.2. The maximum absolute atomic E-state index is 12.2. The van der Waals surface area contributed by atoms with Crippen LogP contribution in [-0.4, -0.2) is 59.2 Å². The Labute approximate surface area is 153 Å². The number of amides is 1. The SMILES string of the molecule is CN(C)CCNC(=O)c1cc2n(n1)CCN(Cc1ccc(Cl)cc1)C2. The number of hydrogen-bond acceptors (Lipinski definition) is 4. The maximum Gasteiger partial charge on any atom is 0.271 e. The molecule has 0 unspecified atom stereocenters. The van der Waals surface area contributed by atoms with Crippen molar-refractivity contribution >= 4 is 17.5 Å². The third-order valence-corrected chi connectivity index (χ3v) is 4.53. The Morgan fingerprint density at radius 3 is 2.76 bits per heavy atom. The quantitative estimate of drug-likeness (QED) is 0.853. The number of carbonyl (C=O) groups excluding carboxylic acids is 1. The fraction of sp³-hybridized carbons (Fsp3) is 0.444. The third kappa shape index (κ3) is 4.81. The molecular formula is C18H24ClN5O. The first-order valence-corrected chi connectivity index (χ1v) is 8.85. The van der Waals surface area contributed by atoms with Crippen molar-refractivity contribution in [1.29, 1.82) is 0 Å². The van der Waals surface area contributed by atoms with Crippen LogP contribution in [-0.2, 0) is 19.6 Å². The summed E-state index contributed by atoms with van der Waals surface area (Å²) in [5.41, 5.74) is 2.82. The zero-order valence-electron chi connectivity index (χ0n) is 14.7. The van der Waals surface area contributed by atoms with Gasteiger partial charge in [0.15, 0.2) is 0 Å². The minimum atomic E-state index is -0.104. The number of nitrogens with one attached hydrogen (secondary N) is 1. The van der Waals surface area contributed by atoms with Gasteiger partial charge in [0.2, 0.25) is 0 Å². The molecule has 1 amide bonds. The molecule has 0 saturated carbocycles. The first kappa shape index (κ1) is 17.9. The highest BCUT2D eigenvalue weighted by atomic mass is 35.5. The molecule has 2 heterocycles. The van der Waals surface area contributed by atoms with Crippen molar-refractivity contribution in [3.05, 3.63) is 52.3 Å². The topological polar surface area (TPSA) is 53.4 Å². The van der Waals surface area contributed by atoms with Crippen LogP contribution in [0.1, 0.15) is 21.7 Å². The normalized spacial score (nSPS) is 14.6. The minimum absolute atomic E-state index is 0.104. The van der Waals surface area contributed by atoms with Gasteiger partial charge in [-0.2, -0.15) is 5.10 Å². The Bertz CT molecular complexity index is 726. The molecule has 2 aromatic rings. The molecule has 1 N–H and O–H groups in total. The molecule has 1 aliphatic heterocycles. The second kappa shape index (κ2) is 7.99. The van der Waals surface area contributed by atoms with Crippen LogP contribution in [0.5, 0.6) is 0 Å². The van der Waals surface area contributed by atoms with E-state index in [4.69, 9.17) is 11.6 Å². The Morgan fingerprint density at radius 2 is 2.04 bits per heavy atom. The second-order valence-electron chi connectivity index (χ2n) is 6.64. The third-order valence-electron chi connectivity index (χ3n) is 4.27. The van der Waals surface area contributed by atoms with Gasteiger partial charge in [0.05, 0.1) is 12.2 Å². The molecule has 25 heavy (non-hydrogen) atoms. The van der Waals surface area contributed by atoms with Crippen molar-refractivity contribution < 1.29 is 4.79 Å². The van der Waals surface area contributed by atoms with Gasteiger partial charge in [-0.15, -0.1) is 0 Å². The van der Waals surface area contributed by atoms with Crippen molar-refractivity contribution in [3.8, 4) is 0 Å². The van der Waals surface area contributed by atoms with E-state index in [0.29, 0.717) is 12.2 Å². The molecule has 6 nitrogen and oxygen atoms in total. The van der Waals surface area contributed by atoms with E-state index in [9.17, 15) is 4.79 Å².